The average molecular weight is 362 g/mol. The van der Waals surface area contributed by atoms with Gasteiger partial charge >= 0.3 is 23.9 Å². The van der Waals surface area contributed by atoms with Gasteiger partial charge in [-0.25, -0.2) is 19.2 Å². The van der Waals surface area contributed by atoms with Crippen molar-refractivity contribution in [2.24, 2.45) is 0 Å². The van der Waals surface area contributed by atoms with E-state index in [0.717, 1.165) is 24.3 Å². The molecule has 2 aromatic rings. The number of benzene rings is 2. The van der Waals surface area contributed by atoms with Crippen molar-refractivity contribution < 1.29 is 49.8 Å². The van der Waals surface area contributed by atoms with Gasteiger partial charge in [-0.05, 0) is 35.4 Å². The van der Waals surface area contributed by atoms with Gasteiger partial charge in [0, 0.05) is 0 Å². The van der Waals surface area contributed by atoms with Crippen LogP contribution in [0.5, 0.6) is 11.5 Å². The number of carboxylic acid groups (broad SMARTS) is 4. The fraction of sp³-hybridized carbons (Fsp3) is 0. The van der Waals surface area contributed by atoms with Gasteiger partial charge in [-0.15, -0.1) is 0 Å². The zero-order chi connectivity index (χ0) is 19.8. The van der Waals surface area contributed by atoms with Gasteiger partial charge < -0.3 is 30.6 Å². The molecule has 134 valence electrons. The van der Waals surface area contributed by atoms with Crippen molar-refractivity contribution in [3.63, 3.8) is 0 Å². The first kappa shape index (κ1) is 18.3. The Labute approximate surface area is 143 Å². The molecule has 0 aliphatic rings. The van der Waals surface area contributed by atoms with E-state index < -0.39 is 57.6 Å². The third kappa shape index (κ3) is 3.11. The largest absolute Gasteiger partial charge is 0.506 e. The predicted octanol–water partition coefficient (Wildman–Crippen LogP) is 1.56. The maximum absolute atomic E-state index is 11.2. The van der Waals surface area contributed by atoms with E-state index in [-0.39, 0.29) is 11.1 Å². The number of hydrogen-bond donors (Lipinski definition) is 6. The van der Waals surface area contributed by atoms with E-state index in [1.165, 1.54) is 0 Å². The number of aromatic carboxylic acids is 4. The lowest BCUT2D eigenvalue weighted by molar-refractivity contribution is 0.0668. The second-order valence-electron chi connectivity index (χ2n) is 5.06. The Hall–Kier alpha value is -4.08. The quantitative estimate of drug-likeness (QED) is 0.455. The smallest absolute Gasteiger partial charge is 0.339 e. The SMILES string of the molecule is O=C(O)c1cc(-c2cc(C(=O)O)c(O)c(C(=O)O)c2)cc(C(=O)O)c1O. The number of carbonyl (C=O) groups is 4. The van der Waals surface area contributed by atoms with E-state index in [1.807, 2.05) is 0 Å². The summed E-state index contributed by atoms with van der Waals surface area (Å²) in [7, 11) is 0. The minimum Gasteiger partial charge on any atom is -0.506 e. The van der Waals surface area contributed by atoms with E-state index >= 15 is 0 Å². The van der Waals surface area contributed by atoms with E-state index in [0.29, 0.717) is 0 Å². The molecule has 0 unspecified atom stereocenters. The van der Waals surface area contributed by atoms with Crippen molar-refractivity contribution in [3.05, 3.63) is 46.5 Å². The highest BCUT2D eigenvalue weighted by molar-refractivity contribution is 6.03. The van der Waals surface area contributed by atoms with Crippen LogP contribution in [0.2, 0.25) is 0 Å². The summed E-state index contributed by atoms with van der Waals surface area (Å²) in [5, 5.41) is 55.8. The number of phenols is 2. The topological polar surface area (TPSA) is 190 Å². The number of rotatable bonds is 5. The summed E-state index contributed by atoms with van der Waals surface area (Å²) in [4.78, 5) is 44.8. The Morgan fingerprint density at radius 3 is 0.846 bits per heavy atom. The maximum atomic E-state index is 11.2. The first-order chi connectivity index (χ1) is 12.0. The van der Waals surface area contributed by atoms with E-state index in [4.69, 9.17) is 20.4 Å². The van der Waals surface area contributed by atoms with Gasteiger partial charge in [0.05, 0.1) is 0 Å². The molecule has 0 aliphatic carbocycles. The first-order valence-corrected chi connectivity index (χ1v) is 6.72. The van der Waals surface area contributed by atoms with Crippen LogP contribution in [0, 0.1) is 0 Å². The molecule has 0 spiro atoms. The summed E-state index contributed by atoms with van der Waals surface area (Å²) >= 11 is 0. The highest BCUT2D eigenvalue weighted by Gasteiger charge is 2.24. The van der Waals surface area contributed by atoms with Crippen molar-refractivity contribution >= 4 is 23.9 Å². The second-order valence-corrected chi connectivity index (χ2v) is 5.06. The molecule has 0 radical (unpaired) electrons. The number of carboxylic acids is 4. The van der Waals surface area contributed by atoms with Crippen LogP contribution < -0.4 is 0 Å². The molecule has 0 aliphatic heterocycles. The van der Waals surface area contributed by atoms with Gasteiger partial charge in [0.25, 0.3) is 0 Å². The van der Waals surface area contributed by atoms with Crippen LogP contribution in [0.25, 0.3) is 11.1 Å². The Morgan fingerprint density at radius 1 is 0.500 bits per heavy atom. The minimum atomic E-state index is -1.65. The molecule has 0 amide bonds. The molecule has 0 fully saturated rings. The Morgan fingerprint density at radius 2 is 0.692 bits per heavy atom. The Kier molecular flexibility index (Phi) is 4.52. The molecular formula is C16H10O10. The van der Waals surface area contributed by atoms with Gasteiger partial charge in [0.2, 0.25) is 0 Å². The standard InChI is InChI=1S/C16H10O10/c17-11-7(13(19)20)1-5(2-8(11)14(21)22)6-3-9(15(23)24)12(18)10(4-6)16(25)26/h1-4,17-18H,(H,19,20)(H,21,22)(H,23,24)(H,25,26). The maximum Gasteiger partial charge on any atom is 0.339 e. The van der Waals surface area contributed by atoms with Crippen LogP contribution in [-0.4, -0.2) is 54.5 Å². The molecule has 10 heteroatoms. The first-order valence-electron chi connectivity index (χ1n) is 6.72. The Balaban J connectivity index is 2.87. The lowest BCUT2D eigenvalue weighted by Crippen LogP contribution is -2.06. The fourth-order valence-corrected chi connectivity index (χ4v) is 2.25. The summed E-state index contributed by atoms with van der Waals surface area (Å²) < 4.78 is 0. The van der Waals surface area contributed by atoms with Crippen molar-refractivity contribution in [1.29, 1.82) is 0 Å². The number of aromatic hydroxyl groups is 2. The van der Waals surface area contributed by atoms with Crippen LogP contribution in [0.3, 0.4) is 0 Å². The molecule has 0 heterocycles. The molecule has 2 rings (SSSR count). The molecule has 0 atom stereocenters. The molecular weight excluding hydrogens is 352 g/mol. The third-order valence-electron chi connectivity index (χ3n) is 3.47. The zero-order valence-electron chi connectivity index (χ0n) is 12.6. The van der Waals surface area contributed by atoms with Crippen molar-refractivity contribution in [3.8, 4) is 22.6 Å². The van der Waals surface area contributed by atoms with Crippen LogP contribution in [-0.2, 0) is 0 Å². The van der Waals surface area contributed by atoms with Crippen LogP contribution in [0.15, 0.2) is 24.3 Å². The third-order valence-corrected chi connectivity index (χ3v) is 3.47. The molecule has 26 heavy (non-hydrogen) atoms. The van der Waals surface area contributed by atoms with Crippen LogP contribution in [0.1, 0.15) is 41.4 Å². The average Bonchev–Trinajstić information content (AvgIpc) is 2.54. The van der Waals surface area contributed by atoms with Crippen molar-refractivity contribution in [2.75, 3.05) is 0 Å². The highest BCUT2D eigenvalue weighted by atomic mass is 16.4. The summed E-state index contributed by atoms with van der Waals surface area (Å²) in [6, 6.07) is 3.42. The van der Waals surface area contributed by atoms with Crippen LogP contribution >= 0.6 is 0 Å². The molecule has 0 aromatic heterocycles. The second kappa shape index (κ2) is 6.43. The molecule has 10 nitrogen and oxygen atoms in total. The summed E-state index contributed by atoms with van der Waals surface area (Å²) in [6.07, 6.45) is 0. The lowest BCUT2D eigenvalue weighted by Gasteiger charge is -2.11. The molecule has 0 bridgehead atoms. The molecule has 2 aromatic carbocycles. The monoisotopic (exact) mass is 362 g/mol. The fourth-order valence-electron chi connectivity index (χ4n) is 2.25. The number of hydrogen-bond acceptors (Lipinski definition) is 6. The highest BCUT2D eigenvalue weighted by Crippen LogP contribution is 2.34. The van der Waals surface area contributed by atoms with Gasteiger partial charge in [-0.1, -0.05) is 0 Å². The van der Waals surface area contributed by atoms with E-state index in [2.05, 4.69) is 0 Å². The van der Waals surface area contributed by atoms with Gasteiger partial charge in [0.1, 0.15) is 33.8 Å². The zero-order valence-corrected chi connectivity index (χ0v) is 12.6. The Bertz CT molecular complexity index is 823. The normalized spacial score (nSPS) is 10.3. The molecule has 0 saturated heterocycles. The predicted molar refractivity (Wildman–Crippen MR) is 83.0 cm³/mol. The van der Waals surface area contributed by atoms with Gasteiger partial charge in [0.15, 0.2) is 0 Å². The van der Waals surface area contributed by atoms with Gasteiger partial charge in [-0.2, -0.15) is 0 Å². The van der Waals surface area contributed by atoms with Crippen molar-refractivity contribution in [1.82, 2.24) is 0 Å². The molecule has 6 N–H and O–H groups in total. The summed E-state index contributed by atoms with van der Waals surface area (Å²) in [5.41, 5.74) is -3.46. The van der Waals surface area contributed by atoms with Crippen LogP contribution in [0.4, 0.5) is 0 Å². The van der Waals surface area contributed by atoms with E-state index in [9.17, 15) is 29.4 Å². The van der Waals surface area contributed by atoms with E-state index in [1.54, 1.807) is 0 Å². The summed E-state index contributed by atoms with van der Waals surface area (Å²) in [6.45, 7) is 0. The molecule has 0 saturated carbocycles. The lowest BCUT2D eigenvalue weighted by atomic mass is 9.95. The van der Waals surface area contributed by atoms with Gasteiger partial charge in [-0.3, -0.25) is 0 Å². The van der Waals surface area contributed by atoms with Crippen molar-refractivity contribution in [2.45, 2.75) is 0 Å². The minimum absolute atomic E-state index is 0.178. The summed E-state index contributed by atoms with van der Waals surface area (Å²) in [5.74, 6) is -8.62.